The molecule has 3 aromatic heterocycles. The van der Waals surface area contributed by atoms with E-state index in [0.717, 1.165) is 54.3 Å². The van der Waals surface area contributed by atoms with Crippen LogP contribution >= 0.6 is 0 Å². The van der Waals surface area contributed by atoms with Crippen molar-refractivity contribution in [1.82, 2.24) is 20.2 Å². The van der Waals surface area contributed by atoms with E-state index in [-0.39, 0.29) is 0 Å². The first-order chi connectivity index (χ1) is 11.9. The second-order valence-corrected chi connectivity index (χ2v) is 6.50. The monoisotopic (exact) mass is 321 g/mol. The van der Waals surface area contributed by atoms with Crippen LogP contribution in [0.25, 0.3) is 22.2 Å². The number of pyridine rings is 2. The lowest BCUT2D eigenvalue weighted by molar-refractivity contribution is 0.122. The van der Waals surface area contributed by atoms with E-state index in [9.17, 15) is 0 Å². The van der Waals surface area contributed by atoms with Crippen molar-refractivity contribution in [3.8, 4) is 11.3 Å². The minimum absolute atomic E-state index is 0.638. The molecular formula is C18H19N5O. The van der Waals surface area contributed by atoms with Crippen molar-refractivity contribution in [2.24, 2.45) is 0 Å². The van der Waals surface area contributed by atoms with E-state index in [1.165, 1.54) is 18.5 Å². The number of fused-ring (bicyclic) bond motifs is 1. The van der Waals surface area contributed by atoms with Crippen LogP contribution in [0.1, 0.15) is 24.5 Å². The van der Waals surface area contributed by atoms with Gasteiger partial charge < -0.3 is 9.64 Å². The van der Waals surface area contributed by atoms with Gasteiger partial charge in [0.1, 0.15) is 11.5 Å². The molecule has 1 N–H and O–H groups in total. The van der Waals surface area contributed by atoms with Crippen molar-refractivity contribution >= 4 is 16.7 Å². The third-order valence-electron chi connectivity index (χ3n) is 4.82. The Labute approximate surface area is 139 Å². The van der Waals surface area contributed by atoms with E-state index in [2.05, 4.69) is 37.2 Å². The van der Waals surface area contributed by atoms with Crippen LogP contribution in [0, 0.1) is 0 Å². The first-order valence-corrected chi connectivity index (χ1v) is 8.51. The Bertz CT molecular complexity index is 880. The van der Waals surface area contributed by atoms with Crippen LogP contribution in [0.3, 0.4) is 0 Å². The number of hydrogen-bond acceptors (Lipinski definition) is 5. The third kappa shape index (κ3) is 2.43. The van der Waals surface area contributed by atoms with Gasteiger partial charge in [0.25, 0.3) is 0 Å². The zero-order valence-electron chi connectivity index (χ0n) is 13.4. The number of hydrogen-bond donors (Lipinski definition) is 1. The molecule has 0 spiro atoms. The smallest absolute Gasteiger partial charge is 0.129 e. The van der Waals surface area contributed by atoms with Crippen molar-refractivity contribution < 1.29 is 4.74 Å². The Balaban J connectivity index is 1.55. The van der Waals surface area contributed by atoms with Crippen molar-refractivity contribution in [2.45, 2.75) is 18.8 Å². The fourth-order valence-electron chi connectivity index (χ4n) is 3.29. The minimum atomic E-state index is 0.638. The molecule has 6 heteroatoms. The van der Waals surface area contributed by atoms with E-state index in [0.29, 0.717) is 5.92 Å². The van der Waals surface area contributed by atoms with Crippen LogP contribution in [-0.4, -0.2) is 46.5 Å². The van der Waals surface area contributed by atoms with E-state index in [1.807, 2.05) is 18.5 Å². The summed E-state index contributed by atoms with van der Waals surface area (Å²) in [6.45, 7) is 3.28. The number of aromatic amines is 1. The molecule has 2 aliphatic rings. The molecule has 1 saturated heterocycles. The Morgan fingerprint density at radius 1 is 1.12 bits per heavy atom. The van der Waals surface area contributed by atoms with Gasteiger partial charge in [-0.15, -0.1) is 0 Å². The summed E-state index contributed by atoms with van der Waals surface area (Å²) in [5, 5.41) is 8.79. The average molecular weight is 321 g/mol. The largest absolute Gasteiger partial charge is 0.378 e. The van der Waals surface area contributed by atoms with Gasteiger partial charge >= 0.3 is 0 Å². The summed E-state index contributed by atoms with van der Waals surface area (Å²) in [4.78, 5) is 11.4. The van der Waals surface area contributed by atoms with Gasteiger partial charge in [0.2, 0.25) is 0 Å². The molecule has 2 fully saturated rings. The SMILES string of the molecule is c1cc(-c2n[nH]c3cnc(C4CC4)cc23)cc(N2CCOCC2)n1. The predicted octanol–water partition coefficient (Wildman–Crippen LogP) is 2.73. The predicted molar refractivity (Wildman–Crippen MR) is 92.1 cm³/mol. The Kier molecular flexibility index (Phi) is 3.23. The fourth-order valence-corrected chi connectivity index (χ4v) is 3.29. The van der Waals surface area contributed by atoms with Crippen LogP contribution in [0.4, 0.5) is 5.82 Å². The highest BCUT2D eigenvalue weighted by molar-refractivity contribution is 5.93. The fraction of sp³-hybridized carbons (Fsp3) is 0.389. The lowest BCUT2D eigenvalue weighted by atomic mass is 10.1. The van der Waals surface area contributed by atoms with Gasteiger partial charge in [-0.2, -0.15) is 5.10 Å². The molecule has 6 nitrogen and oxygen atoms in total. The maximum absolute atomic E-state index is 5.43. The summed E-state index contributed by atoms with van der Waals surface area (Å²) in [6, 6.07) is 6.34. The minimum Gasteiger partial charge on any atom is -0.378 e. The zero-order chi connectivity index (χ0) is 15.9. The lowest BCUT2D eigenvalue weighted by Crippen LogP contribution is -2.36. The van der Waals surface area contributed by atoms with Gasteiger partial charge in [-0.1, -0.05) is 0 Å². The van der Waals surface area contributed by atoms with E-state index in [4.69, 9.17) is 4.74 Å². The Hall–Kier alpha value is -2.47. The topological polar surface area (TPSA) is 66.9 Å². The van der Waals surface area contributed by atoms with E-state index in [1.54, 1.807) is 0 Å². The van der Waals surface area contributed by atoms with Crippen LogP contribution < -0.4 is 4.90 Å². The van der Waals surface area contributed by atoms with Crippen molar-refractivity contribution in [3.63, 3.8) is 0 Å². The summed E-state index contributed by atoms with van der Waals surface area (Å²) in [5.41, 5.74) is 4.24. The van der Waals surface area contributed by atoms with Gasteiger partial charge in [-0.3, -0.25) is 10.1 Å². The summed E-state index contributed by atoms with van der Waals surface area (Å²) in [6.07, 6.45) is 6.28. The molecule has 0 bridgehead atoms. The quantitative estimate of drug-likeness (QED) is 0.803. The average Bonchev–Trinajstić information content (AvgIpc) is 3.42. The number of rotatable bonds is 3. The normalized spacial score (nSPS) is 18.2. The van der Waals surface area contributed by atoms with Crippen molar-refractivity contribution in [3.05, 3.63) is 36.3 Å². The standard InChI is InChI=1S/C18H19N5O/c1-2-12(1)15-10-14-16(11-20-15)21-22-18(14)13-3-4-19-17(9-13)23-5-7-24-8-6-23/h3-4,9-12H,1-2,5-8H2,(H,21,22). The van der Waals surface area contributed by atoms with Gasteiger partial charge in [-0.05, 0) is 31.0 Å². The van der Waals surface area contributed by atoms with Crippen LogP contribution in [0.15, 0.2) is 30.6 Å². The van der Waals surface area contributed by atoms with E-state index >= 15 is 0 Å². The van der Waals surface area contributed by atoms with Crippen LogP contribution in [0.2, 0.25) is 0 Å². The highest BCUT2D eigenvalue weighted by Gasteiger charge is 2.25. The number of H-pyrrole nitrogens is 1. The number of nitrogens with zero attached hydrogens (tertiary/aromatic N) is 4. The molecule has 0 radical (unpaired) electrons. The maximum Gasteiger partial charge on any atom is 0.129 e. The molecule has 1 aliphatic heterocycles. The number of ether oxygens (including phenoxy) is 1. The molecule has 0 unspecified atom stereocenters. The molecule has 1 saturated carbocycles. The Morgan fingerprint density at radius 3 is 2.83 bits per heavy atom. The number of nitrogens with one attached hydrogen (secondary N) is 1. The molecule has 3 aromatic rings. The highest BCUT2D eigenvalue weighted by atomic mass is 16.5. The summed E-state index contributed by atoms with van der Waals surface area (Å²) >= 11 is 0. The van der Waals surface area contributed by atoms with Crippen molar-refractivity contribution in [1.29, 1.82) is 0 Å². The zero-order valence-corrected chi connectivity index (χ0v) is 13.4. The number of anilines is 1. The second kappa shape index (κ2) is 5.56. The third-order valence-corrected chi connectivity index (χ3v) is 4.82. The molecule has 0 amide bonds. The van der Waals surface area contributed by atoms with Gasteiger partial charge in [0, 0.05) is 41.8 Å². The van der Waals surface area contributed by atoms with E-state index < -0.39 is 0 Å². The molecule has 1 aliphatic carbocycles. The number of morpholine rings is 1. The first-order valence-electron chi connectivity index (χ1n) is 8.51. The second-order valence-electron chi connectivity index (χ2n) is 6.50. The molecule has 24 heavy (non-hydrogen) atoms. The Morgan fingerprint density at radius 2 is 2.00 bits per heavy atom. The van der Waals surface area contributed by atoms with Gasteiger partial charge in [0.15, 0.2) is 0 Å². The first kappa shape index (κ1) is 13.9. The molecule has 5 rings (SSSR count). The summed E-state index contributed by atoms with van der Waals surface area (Å²) in [5.74, 6) is 1.63. The molecular weight excluding hydrogens is 302 g/mol. The maximum atomic E-state index is 5.43. The summed E-state index contributed by atoms with van der Waals surface area (Å²) < 4.78 is 5.43. The molecule has 4 heterocycles. The highest BCUT2D eigenvalue weighted by Crippen LogP contribution is 2.40. The van der Waals surface area contributed by atoms with Gasteiger partial charge in [0.05, 0.1) is 24.9 Å². The molecule has 0 atom stereocenters. The summed E-state index contributed by atoms with van der Waals surface area (Å²) in [7, 11) is 0. The lowest BCUT2D eigenvalue weighted by Gasteiger charge is -2.27. The van der Waals surface area contributed by atoms with Crippen LogP contribution in [-0.2, 0) is 4.74 Å². The molecule has 122 valence electrons. The van der Waals surface area contributed by atoms with Gasteiger partial charge in [-0.25, -0.2) is 4.98 Å². The van der Waals surface area contributed by atoms with Crippen LogP contribution in [0.5, 0.6) is 0 Å². The number of aromatic nitrogens is 4. The molecule has 0 aromatic carbocycles. The van der Waals surface area contributed by atoms with Crippen molar-refractivity contribution in [2.75, 3.05) is 31.2 Å².